The zero-order valence-corrected chi connectivity index (χ0v) is 10.3. The number of nitrogens with zero attached hydrogens (tertiary/aromatic N) is 3. The van der Waals surface area contributed by atoms with Gasteiger partial charge in [-0.2, -0.15) is 22.8 Å². The molecule has 0 spiro atoms. The number of nitrogen functional groups attached to an aromatic ring is 1. The Hall–Kier alpha value is -2.05. The maximum Gasteiger partial charge on any atom is 0.416 e. The number of halogens is 3. The summed E-state index contributed by atoms with van der Waals surface area (Å²) in [6.45, 7) is 1.98. The Kier molecular flexibility index (Phi) is 3.46. The average molecular weight is 270 g/mol. The second-order valence-corrected chi connectivity index (χ2v) is 4.09. The molecule has 0 radical (unpaired) electrons. The zero-order chi connectivity index (χ0) is 14.0. The van der Waals surface area contributed by atoms with Gasteiger partial charge in [-0.05, 0) is 30.7 Å². The Labute approximate surface area is 108 Å². The van der Waals surface area contributed by atoms with Crippen LogP contribution in [0.15, 0.2) is 24.3 Å². The topological polar surface area (TPSA) is 56.7 Å². The van der Waals surface area contributed by atoms with E-state index < -0.39 is 11.7 Å². The molecule has 0 atom stereocenters. The van der Waals surface area contributed by atoms with Crippen molar-refractivity contribution in [3.8, 4) is 5.69 Å². The first-order valence-corrected chi connectivity index (χ1v) is 5.81. The summed E-state index contributed by atoms with van der Waals surface area (Å²) in [6, 6.07) is 4.64. The zero-order valence-electron chi connectivity index (χ0n) is 10.3. The number of aromatic nitrogens is 3. The number of aryl methyl sites for hydroxylation is 1. The molecular weight excluding hydrogens is 257 g/mol. The molecule has 2 aromatic rings. The Morgan fingerprint density at radius 3 is 2.37 bits per heavy atom. The number of hydrogen-bond donors (Lipinski definition) is 1. The molecule has 2 N–H and O–H groups in total. The number of benzene rings is 1. The van der Waals surface area contributed by atoms with Gasteiger partial charge in [0.05, 0.1) is 11.3 Å². The van der Waals surface area contributed by atoms with E-state index in [2.05, 4.69) is 10.1 Å². The van der Waals surface area contributed by atoms with E-state index in [1.54, 1.807) is 0 Å². The van der Waals surface area contributed by atoms with Gasteiger partial charge in [-0.1, -0.05) is 6.92 Å². The molecule has 0 fully saturated rings. The van der Waals surface area contributed by atoms with Crippen molar-refractivity contribution in [2.75, 3.05) is 5.73 Å². The lowest BCUT2D eigenvalue weighted by atomic mass is 10.2. The van der Waals surface area contributed by atoms with Crippen LogP contribution >= 0.6 is 0 Å². The van der Waals surface area contributed by atoms with E-state index in [9.17, 15) is 13.2 Å². The van der Waals surface area contributed by atoms with Crippen LogP contribution in [0.3, 0.4) is 0 Å². The average Bonchev–Trinajstić information content (AvgIpc) is 2.70. The number of nitrogens with two attached hydrogens (primary N) is 1. The first kappa shape index (κ1) is 13.4. The van der Waals surface area contributed by atoms with E-state index in [0.29, 0.717) is 17.9 Å². The van der Waals surface area contributed by atoms with E-state index in [-0.39, 0.29) is 5.95 Å². The standard InChI is InChI=1S/C12H13F3N4/c1-2-3-10-17-11(16)19(18-10)9-6-4-8(5-7-9)12(13,14)15/h4-7H,2-3H2,1H3,(H2,16,17,18). The fourth-order valence-electron chi connectivity index (χ4n) is 1.68. The molecule has 0 aliphatic carbocycles. The molecule has 0 aliphatic heterocycles. The van der Waals surface area contributed by atoms with E-state index in [0.717, 1.165) is 18.6 Å². The molecule has 0 saturated heterocycles. The van der Waals surface area contributed by atoms with Crippen LogP contribution in [-0.4, -0.2) is 14.8 Å². The van der Waals surface area contributed by atoms with Crippen molar-refractivity contribution >= 4 is 5.95 Å². The van der Waals surface area contributed by atoms with Crippen molar-refractivity contribution in [2.24, 2.45) is 0 Å². The second-order valence-electron chi connectivity index (χ2n) is 4.09. The van der Waals surface area contributed by atoms with Crippen molar-refractivity contribution in [3.63, 3.8) is 0 Å². The second kappa shape index (κ2) is 4.91. The smallest absolute Gasteiger partial charge is 0.368 e. The van der Waals surface area contributed by atoms with Crippen LogP contribution in [0.2, 0.25) is 0 Å². The lowest BCUT2D eigenvalue weighted by molar-refractivity contribution is -0.137. The van der Waals surface area contributed by atoms with Gasteiger partial charge < -0.3 is 5.73 Å². The summed E-state index contributed by atoms with van der Waals surface area (Å²) in [4.78, 5) is 4.06. The van der Waals surface area contributed by atoms with E-state index in [1.807, 2.05) is 6.92 Å². The summed E-state index contributed by atoms with van der Waals surface area (Å²) in [5, 5.41) is 4.16. The fourth-order valence-corrected chi connectivity index (χ4v) is 1.68. The third-order valence-electron chi connectivity index (χ3n) is 2.59. The maximum absolute atomic E-state index is 12.4. The minimum Gasteiger partial charge on any atom is -0.368 e. The van der Waals surface area contributed by atoms with Crippen molar-refractivity contribution in [1.82, 2.24) is 14.8 Å². The van der Waals surface area contributed by atoms with Crippen LogP contribution in [0.5, 0.6) is 0 Å². The highest BCUT2D eigenvalue weighted by atomic mass is 19.4. The molecule has 0 bridgehead atoms. The molecule has 4 nitrogen and oxygen atoms in total. The lowest BCUT2D eigenvalue weighted by Gasteiger charge is -2.07. The van der Waals surface area contributed by atoms with E-state index in [1.165, 1.54) is 16.8 Å². The normalized spacial score (nSPS) is 11.8. The Bertz CT molecular complexity index is 557. The predicted molar refractivity (Wildman–Crippen MR) is 64.8 cm³/mol. The molecule has 19 heavy (non-hydrogen) atoms. The summed E-state index contributed by atoms with van der Waals surface area (Å²) in [5.74, 6) is 0.753. The van der Waals surface area contributed by atoms with Gasteiger partial charge in [0, 0.05) is 6.42 Å². The number of rotatable bonds is 3. The van der Waals surface area contributed by atoms with Gasteiger partial charge in [-0.3, -0.25) is 0 Å². The monoisotopic (exact) mass is 270 g/mol. The summed E-state index contributed by atoms with van der Waals surface area (Å²) < 4.78 is 38.7. The van der Waals surface area contributed by atoms with Crippen LogP contribution in [-0.2, 0) is 12.6 Å². The molecule has 0 saturated carbocycles. The van der Waals surface area contributed by atoms with E-state index in [4.69, 9.17) is 5.73 Å². The predicted octanol–water partition coefficient (Wildman–Crippen LogP) is 2.82. The summed E-state index contributed by atoms with van der Waals surface area (Å²) in [7, 11) is 0. The molecule has 1 aromatic heterocycles. The molecule has 7 heteroatoms. The van der Waals surface area contributed by atoms with Crippen molar-refractivity contribution in [3.05, 3.63) is 35.7 Å². The Balaban J connectivity index is 2.32. The van der Waals surface area contributed by atoms with Gasteiger partial charge in [0.2, 0.25) is 5.95 Å². The van der Waals surface area contributed by atoms with Crippen LogP contribution in [0.1, 0.15) is 24.7 Å². The molecule has 2 rings (SSSR count). The highest BCUT2D eigenvalue weighted by molar-refractivity contribution is 5.39. The minimum atomic E-state index is -4.35. The Morgan fingerprint density at radius 1 is 1.21 bits per heavy atom. The molecule has 102 valence electrons. The van der Waals surface area contributed by atoms with Crippen molar-refractivity contribution < 1.29 is 13.2 Å². The lowest BCUT2D eigenvalue weighted by Crippen LogP contribution is -2.06. The van der Waals surface area contributed by atoms with Gasteiger partial charge >= 0.3 is 6.18 Å². The number of hydrogen-bond acceptors (Lipinski definition) is 3. The fraction of sp³-hybridized carbons (Fsp3) is 0.333. The van der Waals surface area contributed by atoms with Crippen LogP contribution in [0, 0.1) is 0 Å². The quantitative estimate of drug-likeness (QED) is 0.933. The van der Waals surface area contributed by atoms with Gasteiger partial charge in [-0.25, -0.2) is 0 Å². The van der Waals surface area contributed by atoms with Crippen molar-refractivity contribution in [1.29, 1.82) is 0 Å². The third kappa shape index (κ3) is 2.86. The highest BCUT2D eigenvalue weighted by Gasteiger charge is 2.30. The van der Waals surface area contributed by atoms with Crippen molar-refractivity contribution in [2.45, 2.75) is 25.9 Å². The molecule has 1 heterocycles. The highest BCUT2D eigenvalue weighted by Crippen LogP contribution is 2.29. The molecule has 1 aromatic carbocycles. The van der Waals surface area contributed by atoms with Gasteiger partial charge in [-0.15, -0.1) is 5.10 Å². The maximum atomic E-state index is 12.4. The molecular formula is C12H13F3N4. The Morgan fingerprint density at radius 2 is 1.84 bits per heavy atom. The first-order chi connectivity index (χ1) is 8.91. The SMILES string of the molecule is CCCc1nc(N)n(-c2ccc(C(F)(F)F)cc2)n1. The third-order valence-corrected chi connectivity index (χ3v) is 2.59. The summed E-state index contributed by atoms with van der Waals surface area (Å²) in [5.41, 5.74) is 5.45. The largest absolute Gasteiger partial charge is 0.416 e. The van der Waals surface area contributed by atoms with Crippen LogP contribution in [0.25, 0.3) is 5.69 Å². The summed E-state index contributed by atoms with van der Waals surface area (Å²) >= 11 is 0. The van der Waals surface area contributed by atoms with Crippen LogP contribution < -0.4 is 5.73 Å². The summed E-state index contributed by atoms with van der Waals surface area (Å²) in [6.07, 6.45) is -2.80. The van der Waals surface area contributed by atoms with Crippen LogP contribution in [0.4, 0.5) is 19.1 Å². The van der Waals surface area contributed by atoms with Gasteiger partial charge in [0.15, 0.2) is 5.82 Å². The molecule has 0 aliphatic rings. The van der Waals surface area contributed by atoms with E-state index >= 15 is 0 Å². The molecule has 0 unspecified atom stereocenters. The number of alkyl halides is 3. The number of anilines is 1. The first-order valence-electron chi connectivity index (χ1n) is 5.81. The molecule has 0 amide bonds. The van der Waals surface area contributed by atoms with Gasteiger partial charge in [0.1, 0.15) is 0 Å². The minimum absolute atomic E-state index is 0.170. The van der Waals surface area contributed by atoms with Gasteiger partial charge in [0.25, 0.3) is 0 Å².